The molecule has 1 aromatic carbocycles. The molecule has 1 saturated heterocycles. The Bertz CT molecular complexity index is 1380. The van der Waals surface area contributed by atoms with Crippen molar-refractivity contribution >= 4 is 29.3 Å². The van der Waals surface area contributed by atoms with E-state index in [1.54, 1.807) is 40.1 Å². The van der Waals surface area contributed by atoms with E-state index in [-0.39, 0.29) is 42.0 Å². The van der Waals surface area contributed by atoms with Crippen LogP contribution in [-0.2, 0) is 35.1 Å². The number of benzene rings is 1. The summed E-state index contributed by atoms with van der Waals surface area (Å²) in [5.41, 5.74) is 3.74. The van der Waals surface area contributed by atoms with Crippen LogP contribution in [0.4, 0.5) is 5.69 Å². The number of nitrogens with one attached hydrogen (secondary N) is 3. The minimum atomic E-state index is -0.810. The summed E-state index contributed by atoms with van der Waals surface area (Å²) < 4.78 is 11.9. The second-order valence-electron chi connectivity index (χ2n) is 14.6. The van der Waals surface area contributed by atoms with Crippen molar-refractivity contribution in [3.63, 3.8) is 0 Å². The first-order valence-electron chi connectivity index (χ1n) is 18.5. The van der Waals surface area contributed by atoms with Crippen LogP contribution in [0.15, 0.2) is 48.1 Å². The number of anilines is 1. The van der Waals surface area contributed by atoms with E-state index in [9.17, 15) is 19.2 Å². The lowest BCUT2D eigenvalue weighted by Crippen LogP contribution is -2.58. The van der Waals surface area contributed by atoms with E-state index >= 15 is 0 Å². The summed E-state index contributed by atoms with van der Waals surface area (Å²) in [6.07, 6.45) is 2.95. The smallest absolute Gasteiger partial charge is 0.245 e. The molecule has 0 spiro atoms. The van der Waals surface area contributed by atoms with Gasteiger partial charge in [0.25, 0.3) is 0 Å². The van der Waals surface area contributed by atoms with E-state index in [4.69, 9.17) is 9.47 Å². The van der Waals surface area contributed by atoms with Crippen LogP contribution in [0.2, 0.25) is 0 Å². The Morgan fingerprint density at radius 1 is 1.02 bits per heavy atom. The second kappa shape index (κ2) is 21.1. The van der Waals surface area contributed by atoms with Crippen LogP contribution in [0.5, 0.6) is 0 Å². The topological polar surface area (TPSA) is 133 Å². The average molecular weight is 727 g/mol. The number of amides is 4. The molecule has 0 bridgehead atoms. The SMILES string of the molecule is C=C(C)[C@H](NC)C(=O)N[C@H](C(=O)N(C)[C@@H](/C(C)=C\C)[C@@H](CC(=O)N1CCC[C@H]1[C@H](OC)[C@@H](C)C(=O)NCCc1ccc(N(C)C)cc1)OC)C(C)C. The van der Waals surface area contributed by atoms with Crippen LogP contribution in [0.1, 0.15) is 66.4 Å². The van der Waals surface area contributed by atoms with Gasteiger partial charge in [-0.3, -0.25) is 19.2 Å². The van der Waals surface area contributed by atoms with Crippen molar-refractivity contribution in [3.8, 4) is 0 Å². The Morgan fingerprint density at radius 3 is 2.15 bits per heavy atom. The quantitative estimate of drug-likeness (QED) is 0.174. The molecule has 1 heterocycles. The average Bonchev–Trinajstić information content (AvgIpc) is 3.59. The van der Waals surface area contributed by atoms with E-state index in [0.717, 1.165) is 23.2 Å². The molecule has 3 N–H and O–H groups in total. The highest BCUT2D eigenvalue weighted by Crippen LogP contribution is 2.29. The highest BCUT2D eigenvalue weighted by molar-refractivity contribution is 5.91. The Morgan fingerprint density at radius 2 is 1.65 bits per heavy atom. The normalized spacial score (nSPS) is 18.2. The fourth-order valence-corrected chi connectivity index (χ4v) is 7.08. The number of hydrogen-bond donors (Lipinski definition) is 3. The van der Waals surface area contributed by atoms with E-state index in [1.165, 1.54) is 0 Å². The van der Waals surface area contributed by atoms with Gasteiger partial charge in [0, 0.05) is 54.1 Å². The lowest BCUT2D eigenvalue weighted by Gasteiger charge is -2.39. The van der Waals surface area contributed by atoms with Crippen molar-refractivity contribution in [2.24, 2.45) is 11.8 Å². The minimum Gasteiger partial charge on any atom is -0.378 e. The number of hydrogen-bond acceptors (Lipinski definition) is 8. The first kappa shape index (κ1) is 44.4. The number of likely N-dealkylation sites (N-methyl/N-ethyl adjacent to an activating group) is 2. The van der Waals surface area contributed by atoms with Crippen LogP contribution in [0, 0.1) is 11.8 Å². The molecule has 1 aromatic rings. The number of ether oxygens (including phenoxy) is 2. The van der Waals surface area contributed by atoms with Crippen LogP contribution in [-0.4, -0.2) is 125 Å². The van der Waals surface area contributed by atoms with Crippen LogP contribution in [0.3, 0.4) is 0 Å². The van der Waals surface area contributed by atoms with E-state index in [2.05, 4.69) is 46.8 Å². The Labute approximate surface area is 312 Å². The number of carbonyl (C=O) groups excluding carboxylic acids is 4. The lowest BCUT2D eigenvalue weighted by atomic mass is 9.93. The Kier molecular flexibility index (Phi) is 18.0. The zero-order valence-electron chi connectivity index (χ0n) is 33.7. The number of methoxy groups -OCH3 is 2. The van der Waals surface area contributed by atoms with Gasteiger partial charge in [0.2, 0.25) is 23.6 Å². The molecule has 7 atom stereocenters. The molecule has 12 heteroatoms. The predicted octanol–water partition coefficient (Wildman–Crippen LogP) is 3.56. The maximum atomic E-state index is 14.1. The van der Waals surface area contributed by atoms with Crippen molar-refractivity contribution in [1.82, 2.24) is 25.8 Å². The van der Waals surface area contributed by atoms with Crippen molar-refractivity contribution in [3.05, 3.63) is 53.6 Å². The second-order valence-corrected chi connectivity index (χ2v) is 14.6. The monoisotopic (exact) mass is 727 g/mol. The highest BCUT2D eigenvalue weighted by atomic mass is 16.5. The number of likely N-dealkylation sites (tertiary alicyclic amines) is 1. The molecule has 1 aliphatic rings. The molecule has 1 fully saturated rings. The van der Waals surface area contributed by atoms with Crippen LogP contribution < -0.4 is 20.9 Å². The number of nitrogens with zero attached hydrogens (tertiary/aromatic N) is 3. The summed E-state index contributed by atoms with van der Waals surface area (Å²) in [5, 5.41) is 8.93. The number of rotatable bonds is 20. The standard InChI is InChI=1S/C40H66N6O6/c1-14-27(6)36(45(11)40(50)35(26(4)5)43-39(49)34(41-8)25(2)3)32(51-12)24-33(47)46-23-15-16-31(46)37(52-13)28(7)38(48)42-22-21-29-17-19-30(20-18-29)44(9)10/h14,17-20,26,28,31-32,34-37,41H,2,15-16,21-24H2,1,3-13H3,(H,42,48)(H,43,49)/b27-14-/t28-,31+,32-,34+,35+,36+,37-/m1/s1. The zero-order chi connectivity index (χ0) is 39.3. The van der Waals surface area contributed by atoms with E-state index in [1.807, 2.05) is 64.6 Å². The summed E-state index contributed by atoms with van der Waals surface area (Å²) in [6, 6.07) is 5.95. The molecule has 292 valence electrons. The van der Waals surface area contributed by atoms with Gasteiger partial charge in [-0.05, 0) is 70.7 Å². The molecule has 0 unspecified atom stereocenters. The van der Waals surface area contributed by atoms with Gasteiger partial charge in [0.15, 0.2) is 0 Å². The first-order chi connectivity index (χ1) is 24.5. The van der Waals surface area contributed by atoms with Gasteiger partial charge in [-0.2, -0.15) is 0 Å². The molecule has 12 nitrogen and oxygen atoms in total. The van der Waals surface area contributed by atoms with Crippen LogP contribution in [0.25, 0.3) is 0 Å². The van der Waals surface area contributed by atoms with Gasteiger partial charge in [-0.1, -0.05) is 56.7 Å². The molecule has 52 heavy (non-hydrogen) atoms. The summed E-state index contributed by atoms with van der Waals surface area (Å²) in [6.45, 7) is 16.1. The molecular weight excluding hydrogens is 660 g/mol. The van der Waals surface area contributed by atoms with Gasteiger partial charge in [0.05, 0.1) is 36.6 Å². The predicted molar refractivity (Wildman–Crippen MR) is 208 cm³/mol. The maximum Gasteiger partial charge on any atom is 0.245 e. The number of allylic oxidation sites excluding steroid dienone is 1. The molecule has 0 aliphatic carbocycles. The van der Waals surface area contributed by atoms with E-state index < -0.39 is 36.3 Å². The van der Waals surface area contributed by atoms with Crippen molar-refractivity contribution in [2.75, 3.05) is 60.4 Å². The van der Waals surface area contributed by atoms with E-state index in [0.29, 0.717) is 31.5 Å². The fourth-order valence-electron chi connectivity index (χ4n) is 7.08. The maximum absolute atomic E-state index is 14.1. The molecule has 0 aromatic heterocycles. The summed E-state index contributed by atoms with van der Waals surface area (Å²) in [4.78, 5) is 60.0. The molecule has 0 saturated carbocycles. The number of carbonyl (C=O) groups is 4. The Balaban J connectivity index is 2.19. The molecule has 0 radical (unpaired) electrons. The first-order valence-corrected chi connectivity index (χ1v) is 18.5. The molecule has 4 amide bonds. The lowest BCUT2D eigenvalue weighted by molar-refractivity contribution is -0.145. The van der Waals surface area contributed by atoms with Gasteiger partial charge in [-0.15, -0.1) is 0 Å². The minimum absolute atomic E-state index is 0.0142. The fraction of sp³-hybridized carbons (Fsp3) is 0.650. The van der Waals surface area contributed by atoms with Gasteiger partial charge < -0.3 is 40.1 Å². The van der Waals surface area contributed by atoms with Crippen molar-refractivity contribution in [2.45, 2.75) is 104 Å². The van der Waals surface area contributed by atoms with Crippen molar-refractivity contribution in [1.29, 1.82) is 0 Å². The third kappa shape index (κ3) is 11.6. The summed E-state index contributed by atoms with van der Waals surface area (Å²) in [7, 11) is 10.5. The van der Waals surface area contributed by atoms with Gasteiger partial charge in [-0.25, -0.2) is 0 Å². The third-order valence-corrected chi connectivity index (χ3v) is 10.3. The Hall–Kier alpha value is -3.74. The summed E-state index contributed by atoms with van der Waals surface area (Å²) >= 11 is 0. The van der Waals surface area contributed by atoms with Crippen molar-refractivity contribution < 1.29 is 28.7 Å². The van der Waals surface area contributed by atoms with Gasteiger partial charge >= 0.3 is 0 Å². The van der Waals surface area contributed by atoms with Crippen LogP contribution >= 0.6 is 0 Å². The highest BCUT2D eigenvalue weighted by Gasteiger charge is 2.42. The third-order valence-electron chi connectivity index (χ3n) is 10.3. The van der Waals surface area contributed by atoms with Gasteiger partial charge in [0.1, 0.15) is 12.1 Å². The summed E-state index contributed by atoms with van der Waals surface area (Å²) in [5.74, 6) is -1.57. The molecular formula is C40H66N6O6. The largest absolute Gasteiger partial charge is 0.378 e. The zero-order valence-corrected chi connectivity index (χ0v) is 33.7. The molecule has 2 rings (SSSR count). The molecule has 1 aliphatic heterocycles.